The van der Waals surface area contributed by atoms with E-state index in [9.17, 15) is 14.4 Å². The largest absolute Gasteiger partial charge is 0.342 e. The number of amides is 4. The SMILES string of the molecule is CN1C(=O)C2C(SCC(=O)N3CCCC3)NC(c3cccc(Cl)c3)NC2N(C)C1=O. The molecule has 4 atom stereocenters. The fraction of sp³-hybridized carbons (Fsp3) is 0.550. The van der Waals surface area contributed by atoms with Crippen molar-refractivity contribution in [1.82, 2.24) is 25.3 Å². The summed E-state index contributed by atoms with van der Waals surface area (Å²) >= 11 is 7.60. The molecule has 3 aliphatic heterocycles. The molecule has 8 nitrogen and oxygen atoms in total. The van der Waals surface area contributed by atoms with Gasteiger partial charge >= 0.3 is 6.03 Å². The Kier molecular flexibility index (Phi) is 6.24. The van der Waals surface area contributed by atoms with E-state index in [0.717, 1.165) is 36.4 Å². The molecule has 4 amide bonds. The molecule has 3 heterocycles. The molecule has 3 aliphatic rings. The second-order valence-electron chi connectivity index (χ2n) is 7.90. The number of imide groups is 1. The molecule has 4 rings (SSSR count). The zero-order valence-electron chi connectivity index (χ0n) is 17.0. The van der Waals surface area contributed by atoms with Gasteiger partial charge in [0, 0.05) is 32.2 Å². The first-order valence-electron chi connectivity index (χ1n) is 10.1. The number of rotatable bonds is 4. The average Bonchev–Trinajstić information content (AvgIpc) is 3.29. The number of hydrogen-bond acceptors (Lipinski definition) is 6. The second kappa shape index (κ2) is 8.74. The van der Waals surface area contributed by atoms with E-state index in [0.29, 0.717) is 5.02 Å². The Bertz CT molecular complexity index is 849. The number of hydrogen-bond donors (Lipinski definition) is 2. The lowest BCUT2D eigenvalue weighted by molar-refractivity contribution is -0.140. The van der Waals surface area contributed by atoms with Gasteiger partial charge in [0.25, 0.3) is 0 Å². The van der Waals surface area contributed by atoms with Crippen LogP contribution >= 0.6 is 23.4 Å². The summed E-state index contributed by atoms with van der Waals surface area (Å²) in [5.74, 6) is -0.379. The highest BCUT2D eigenvalue weighted by atomic mass is 35.5. The third kappa shape index (κ3) is 4.03. The Morgan fingerprint density at radius 3 is 2.63 bits per heavy atom. The van der Waals surface area contributed by atoms with Crippen LogP contribution in [0.2, 0.25) is 5.02 Å². The van der Waals surface area contributed by atoms with Gasteiger partial charge in [0.15, 0.2) is 0 Å². The van der Waals surface area contributed by atoms with Gasteiger partial charge in [-0.15, -0.1) is 11.8 Å². The van der Waals surface area contributed by atoms with Crippen LogP contribution in [0.4, 0.5) is 4.79 Å². The average molecular weight is 452 g/mol. The molecule has 1 aromatic carbocycles. The molecule has 0 saturated carbocycles. The van der Waals surface area contributed by atoms with E-state index in [4.69, 9.17) is 11.6 Å². The quantitative estimate of drug-likeness (QED) is 0.724. The van der Waals surface area contributed by atoms with Crippen LogP contribution in [0.15, 0.2) is 24.3 Å². The monoisotopic (exact) mass is 451 g/mol. The Balaban J connectivity index is 1.57. The highest BCUT2D eigenvalue weighted by Crippen LogP contribution is 2.35. The molecule has 0 aromatic heterocycles. The van der Waals surface area contributed by atoms with Gasteiger partial charge in [0.2, 0.25) is 11.8 Å². The minimum atomic E-state index is -0.510. The van der Waals surface area contributed by atoms with Crippen LogP contribution in [0.25, 0.3) is 0 Å². The standard InChI is InChI=1S/C20H26ClN5O3S/c1-24-17-15(19(28)25(2)20(24)29)18(30-11-14(27)26-8-3-4-9-26)23-16(22-17)12-6-5-7-13(21)10-12/h5-7,10,15-18,22-23H,3-4,8-9,11H2,1-2H3. The highest BCUT2D eigenvalue weighted by molar-refractivity contribution is 8.00. The van der Waals surface area contributed by atoms with Gasteiger partial charge in [0.05, 0.1) is 29.4 Å². The smallest absolute Gasteiger partial charge is 0.327 e. The van der Waals surface area contributed by atoms with E-state index >= 15 is 0 Å². The molecular weight excluding hydrogens is 426 g/mol. The molecule has 3 saturated heterocycles. The lowest BCUT2D eigenvalue weighted by Gasteiger charge is -2.50. The molecule has 162 valence electrons. The number of thioether (sulfide) groups is 1. The molecule has 3 fully saturated rings. The van der Waals surface area contributed by atoms with Gasteiger partial charge in [0.1, 0.15) is 0 Å². The maximum atomic E-state index is 13.0. The predicted molar refractivity (Wildman–Crippen MR) is 116 cm³/mol. The first-order chi connectivity index (χ1) is 14.4. The molecule has 0 radical (unpaired) electrons. The Morgan fingerprint density at radius 1 is 1.20 bits per heavy atom. The summed E-state index contributed by atoms with van der Waals surface area (Å²) < 4.78 is 0. The van der Waals surface area contributed by atoms with E-state index in [2.05, 4.69) is 10.6 Å². The summed E-state index contributed by atoms with van der Waals surface area (Å²) in [6.45, 7) is 1.60. The topological polar surface area (TPSA) is 85.0 Å². The number of fused-ring (bicyclic) bond motifs is 1. The minimum Gasteiger partial charge on any atom is -0.342 e. The summed E-state index contributed by atoms with van der Waals surface area (Å²) in [6.07, 6.45) is 1.29. The highest BCUT2D eigenvalue weighted by Gasteiger charge is 2.51. The molecule has 0 spiro atoms. The maximum absolute atomic E-state index is 13.0. The normalized spacial score (nSPS) is 29.4. The number of halogens is 1. The first kappa shape index (κ1) is 21.4. The number of nitrogens with zero attached hydrogens (tertiary/aromatic N) is 3. The van der Waals surface area contributed by atoms with Gasteiger partial charge in [-0.25, -0.2) is 4.79 Å². The summed E-state index contributed by atoms with van der Waals surface area (Å²) in [6, 6.07) is 7.10. The van der Waals surface area contributed by atoms with E-state index < -0.39 is 12.1 Å². The number of urea groups is 1. The molecule has 10 heteroatoms. The van der Waals surface area contributed by atoms with Crippen LogP contribution in [-0.4, -0.2) is 77.0 Å². The summed E-state index contributed by atoms with van der Waals surface area (Å²) in [5, 5.41) is 7.12. The fourth-order valence-corrected chi connectivity index (χ4v) is 5.70. The van der Waals surface area contributed by atoms with Crippen molar-refractivity contribution in [2.75, 3.05) is 32.9 Å². The van der Waals surface area contributed by atoms with E-state index in [1.807, 2.05) is 23.1 Å². The lowest BCUT2D eigenvalue weighted by Crippen LogP contribution is -2.72. The summed E-state index contributed by atoms with van der Waals surface area (Å²) in [7, 11) is 3.19. The third-order valence-electron chi connectivity index (χ3n) is 5.98. The van der Waals surface area contributed by atoms with Gasteiger partial charge in [-0.2, -0.15) is 0 Å². The van der Waals surface area contributed by atoms with Gasteiger partial charge < -0.3 is 9.80 Å². The number of carbonyl (C=O) groups excluding carboxylic acids is 3. The molecule has 2 N–H and O–H groups in total. The first-order valence-corrected chi connectivity index (χ1v) is 11.5. The molecule has 0 aliphatic carbocycles. The van der Waals surface area contributed by atoms with Crippen molar-refractivity contribution in [2.45, 2.75) is 30.5 Å². The van der Waals surface area contributed by atoms with Crippen molar-refractivity contribution in [3.05, 3.63) is 34.9 Å². The fourth-order valence-electron chi connectivity index (χ4n) is 4.30. The van der Waals surface area contributed by atoms with Crippen molar-refractivity contribution < 1.29 is 14.4 Å². The van der Waals surface area contributed by atoms with E-state index in [-0.39, 0.29) is 35.1 Å². The van der Waals surface area contributed by atoms with Gasteiger partial charge in [-0.05, 0) is 30.5 Å². The number of nitrogens with one attached hydrogen (secondary N) is 2. The van der Waals surface area contributed by atoms with Crippen LogP contribution in [-0.2, 0) is 9.59 Å². The van der Waals surface area contributed by atoms with Crippen molar-refractivity contribution in [3.63, 3.8) is 0 Å². The van der Waals surface area contributed by atoms with Crippen molar-refractivity contribution in [2.24, 2.45) is 5.92 Å². The van der Waals surface area contributed by atoms with E-state index in [1.54, 1.807) is 18.0 Å². The predicted octanol–water partition coefficient (Wildman–Crippen LogP) is 1.68. The van der Waals surface area contributed by atoms with Crippen molar-refractivity contribution >= 4 is 41.2 Å². The van der Waals surface area contributed by atoms with Gasteiger partial charge in [-0.1, -0.05) is 23.7 Å². The minimum absolute atomic E-state index is 0.0923. The Hall–Kier alpha value is -1.81. The summed E-state index contributed by atoms with van der Waals surface area (Å²) in [4.78, 5) is 42.7. The van der Waals surface area contributed by atoms with Crippen LogP contribution in [0.5, 0.6) is 0 Å². The van der Waals surface area contributed by atoms with Crippen LogP contribution in [0.1, 0.15) is 24.6 Å². The lowest BCUT2D eigenvalue weighted by atomic mass is 9.96. The van der Waals surface area contributed by atoms with Crippen molar-refractivity contribution in [1.29, 1.82) is 0 Å². The van der Waals surface area contributed by atoms with Crippen LogP contribution < -0.4 is 10.6 Å². The van der Waals surface area contributed by atoms with Crippen molar-refractivity contribution in [3.8, 4) is 0 Å². The number of benzene rings is 1. The molecular formula is C20H26ClN5O3S. The summed E-state index contributed by atoms with van der Waals surface area (Å²) in [5.41, 5.74) is 0.907. The Labute approximate surface area is 185 Å². The zero-order valence-corrected chi connectivity index (χ0v) is 18.6. The second-order valence-corrected chi connectivity index (χ2v) is 9.47. The maximum Gasteiger partial charge on any atom is 0.327 e. The molecule has 4 unspecified atom stereocenters. The van der Waals surface area contributed by atoms with E-state index in [1.165, 1.54) is 18.8 Å². The van der Waals surface area contributed by atoms with Crippen LogP contribution in [0, 0.1) is 5.92 Å². The van der Waals surface area contributed by atoms with Gasteiger partial charge in [-0.3, -0.25) is 25.1 Å². The number of likely N-dealkylation sites (tertiary alicyclic amines) is 1. The van der Waals surface area contributed by atoms with Crippen LogP contribution in [0.3, 0.4) is 0 Å². The number of carbonyl (C=O) groups is 3. The Morgan fingerprint density at radius 2 is 1.93 bits per heavy atom. The molecule has 0 bridgehead atoms. The molecule has 30 heavy (non-hydrogen) atoms. The third-order valence-corrected chi connectivity index (χ3v) is 7.42. The zero-order chi connectivity index (χ0) is 21.4. The molecule has 1 aromatic rings.